The zero-order valence-corrected chi connectivity index (χ0v) is 11.3. The number of aromatic hydroxyl groups is 1. The number of hydrogen-bond donors (Lipinski definition) is 2. The van der Waals surface area contributed by atoms with Gasteiger partial charge in [-0.15, -0.1) is 0 Å². The number of rotatable bonds is 2. The molecule has 0 aliphatic rings. The quantitative estimate of drug-likeness (QED) is 0.827. The van der Waals surface area contributed by atoms with Gasteiger partial charge < -0.3 is 10.4 Å². The van der Waals surface area contributed by atoms with E-state index in [-0.39, 0.29) is 16.5 Å². The summed E-state index contributed by atoms with van der Waals surface area (Å²) in [4.78, 5) is 16.0. The molecule has 0 unspecified atom stereocenters. The van der Waals surface area contributed by atoms with Crippen LogP contribution >= 0.6 is 11.6 Å². The number of carbonyl (C=O) groups excluding carboxylic acids is 1. The summed E-state index contributed by atoms with van der Waals surface area (Å²) in [6.45, 7) is 3.58. The van der Waals surface area contributed by atoms with Crippen LogP contribution in [-0.4, -0.2) is 16.0 Å². The van der Waals surface area contributed by atoms with E-state index in [0.29, 0.717) is 11.3 Å². The largest absolute Gasteiger partial charge is 0.507 e. The lowest BCUT2D eigenvalue weighted by Gasteiger charge is -2.09. The summed E-state index contributed by atoms with van der Waals surface area (Å²) < 4.78 is 0. The number of anilines is 1. The Bertz CT molecular complexity index is 641. The summed E-state index contributed by atoms with van der Waals surface area (Å²) in [5.74, 6) is -0.452. The third kappa shape index (κ3) is 2.85. The molecular weight excluding hydrogens is 264 g/mol. The van der Waals surface area contributed by atoms with Crippen molar-refractivity contribution >= 4 is 23.2 Å². The second-order valence-electron chi connectivity index (χ2n) is 4.28. The highest BCUT2D eigenvalue weighted by molar-refractivity contribution is 6.32. The van der Waals surface area contributed by atoms with Crippen LogP contribution in [0, 0.1) is 13.8 Å². The fraction of sp³-hybridized carbons (Fsp3) is 0.143. The first kappa shape index (κ1) is 13.4. The summed E-state index contributed by atoms with van der Waals surface area (Å²) in [5.41, 5.74) is 2.15. The van der Waals surface area contributed by atoms with Gasteiger partial charge in [-0.25, -0.2) is 4.98 Å². The number of aromatic nitrogens is 1. The Balaban J connectivity index is 2.31. The molecule has 0 spiro atoms. The van der Waals surface area contributed by atoms with Gasteiger partial charge in [0.2, 0.25) is 0 Å². The fourth-order valence-corrected chi connectivity index (χ4v) is 1.82. The van der Waals surface area contributed by atoms with Crippen LogP contribution < -0.4 is 5.32 Å². The van der Waals surface area contributed by atoms with Crippen LogP contribution in [0.3, 0.4) is 0 Å². The lowest BCUT2D eigenvalue weighted by molar-refractivity contribution is 0.102. The van der Waals surface area contributed by atoms with Crippen LogP contribution in [0.4, 0.5) is 5.69 Å². The topological polar surface area (TPSA) is 62.2 Å². The summed E-state index contributed by atoms with van der Waals surface area (Å²) in [6, 6.07) is 6.71. The maximum Gasteiger partial charge on any atom is 0.259 e. The average Bonchev–Trinajstić information content (AvgIpc) is 2.37. The summed E-state index contributed by atoms with van der Waals surface area (Å²) >= 11 is 5.91. The second-order valence-corrected chi connectivity index (χ2v) is 4.63. The van der Waals surface area contributed by atoms with E-state index in [0.717, 1.165) is 5.56 Å². The van der Waals surface area contributed by atoms with E-state index in [4.69, 9.17) is 11.6 Å². The maximum absolute atomic E-state index is 12.1. The predicted molar refractivity (Wildman–Crippen MR) is 74.8 cm³/mol. The van der Waals surface area contributed by atoms with Crippen molar-refractivity contribution in [1.82, 2.24) is 4.98 Å². The number of aryl methyl sites for hydroxylation is 2. The molecule has 0 saturated heterocycles. The van der Waals surface area contributed by atoms with Crippen LogP contribution in [0.5, 0.6) is 5.75 Å². The summed E-state index contributed by atoms with van der Waals surface area (Å²) in [7, 11) is 0. The first-order valence-electron chi connectivity index (χ1n) is 5.71. The SMILES string of the molecule is Cc1cnc(Cl)c(NC(=O)c2cccc(C)c2O)c1. The minimum absolute atomic E-state index is 0.0308. The highest BCUT2D eigenvalue weighted by atomic mass is 35.5. The Morgan fingerprint density at radius 1 is 1.37 bits per heavy atom. The molecular formula is C14H13ClN2O2. The molecule has 0 aliphatic heterocycles. The van der Waals surface area contributed by atoms with Crippen LogP contribution in [0.25, 0.3) is 0 Å². The minimum atomic E-state index is -0.421. The molecule has 1 aromatic carbocycles. The number of hydrogen-bond acceptors (Lipinski definition) is 3. The molecule has 0 radical (unpaired) electrons. The smallest absolute Gasteiger partial charge is 0.259 e. The maximum atomic E-state index is 12.1. The normalized spacial score (nSPS) is 10.3. The third-order valence-electron chi connectivity index (χ3n) is 2.71. The number of benzene rings is 1. The number of nitrogens with zero attached hydrogens (tertiary/aromatic N) is 1. The van der Waals surface area contributed by atoms with Crippen molar-refractivity contribution in [3.63, 3.8) is 0 Å². The first-order chi connectivity index (χ1) is 8.99. The molecule has 2 N–H and O–H groups in total. The number of halogens is 1. The van der Waals surface area contributed by atoms with Gasteiger partial charge in [0.25, 0.3) is 5.91 Å². The third-order valence-corrected chi connectivity index (χ3v) is 3.01. The monoisotopic (exact) mass is 276 g/mol. The average molecular weight is 277 g/mol. The molecule has 0 atom stereocenters. The lowest BCUT2D eigenvalue weighted by Crippen LogP contribution is -2.13. The van der Waals surface area contributed by atoms with Gasteiger partial charge in [0.1, 0.15) is 5.75 Å². The molecule has 1 aromatic heterocycles. The van der Waals surface area contributed by atoms with Gasteiger partial charge in [0, 0.05) is 6.20 Å². The van der Waals surface area contributed by atoms with Gasteiger partial charge in [0.05, 0.1) is 11.3 Å². The zero-order chi connectivity index (χ0) is 14.0. The molecule has 4 nitrogen and oxygen atoms in total. The van der Waals surface area contributed by atoms with Crippen molar-refractivity contribution in [1.29, 1.82) is 0 Å². The number of phenolic OH excluding ortho intramolecular Hbond substituents is 1. The van der Waals surface area contributed by atoms with E-state index < -0.39 is 5.91 Å². The zero-order valence-electron chi connectivity index (χ0n) is 10.6. The van der Waals surface area contributed by atoms with E-state index in [1.54, 1.807) is 37.4 Å². The van der Waals surface area contributed by atoms with Crippen molar-refractivity contribution < 1.29 is 9.90 Å². The van der Waals surface area contributed by atoms with Gasteiger partial charge in [-0.05, 0) is 37.1 Å². The van der Waals surface area contributed by atoms with Crippen molar-refractivity contribution in [2.75, 3.05) is 5.32 Å². The van der Waals surface area contributed by atoms with E-state index in [2.05, 4.69) is 10.3 Å². The number of nitrogens with one attached hydrogen (secondary N) is 1. The van der Waals surface area contributed by atoms with Crippen molar-refractivity contribution in [3.05, 3.63) is 52.3 Å². The molecule has 0 bridgehead atoms. The van der Waals surface area contributed by atoms with E-state index in [1.165, 1.54) is 0 Å². The van der Waals surface area contributed by atoms with E-state index >= 15 is 0 Å². The summed E-state index contributed by atoms with van der Waals surface area (Å²) in [5, 5.41) is 12.7. The predicted octanol–water partition coefficient (Wildman–Crippen LogP) is 3.31. The number of carbonyl (C=O) groups is 1. The first-order valence-corrected chi connectivity index (χ1v) is 6.09. The van der Waals surface area contributed by atoms with Crippen LogP contribution in [0.1, 0.15) is 21.5 Å². The number of amides is 1. The molecule has 1 heterocycles. The summed E-state index contributed by atoms with van der Waals surface area (Å²) in [6.07, 6.45) is 1.61. The van der Waals surface area contributed by atoms with Gasteiger partial charge in [-0.3, -0.25) is 4.79 Å². The van der Waals surface area contributed by atoms with Crippen molar-refractivity contribution in [2.45, 2.75) is 13.8 Å². The Labute approximate surface area is 116 Å². The van der Waals surface area contributed by atoms with Gasteiger partial charge in [0.15, 0.2) is 5.15 Å². The standard InChI is InChI=1S/C14H13ClN2O2/c1-8-6-11(13(15)16-7-8)17-14(19)10-5-3-4-9(2)12(10)18/h3-7,18H,1-2H3,(H,17,19). The molecule has 2 rings (SSSR count). The Kier molecular flexibility index (Phi) is 3.71. The molecule has 0 saturated carbocycles. The van der Waals surface area contributed by atoms with Gasteiger partial charge in [-0.1, -0.05) is 23.7 Å². The molecule has 5 heteroatoms. The molecule has 1 amide bonds. The van der Waals surface area contributed by atoms with Gasteiger partial charge in [-0.2, -0.15) is 0 Å². The second kappa shape index (κ2) is 5.28. The van der Waals surface area contributed by atoms with E-state index in [9.17, 15) is 9.90 Å². The Morgan fingerprint density at radius 3 is 2.84 bits per heavy atom. The van der Waals surface area contributed by atoms with Crippen LogP contribution in [-0.2, 0) is 0 Å². The number of para-hydroxylation sites is 1. The number of phenols is 1. The van der Waals surface area contributed by atoms with Crippen molar-refractivity contribution in [3.8, 4) is 5.75 Å². The molecule has 2 aromatic rings. The molecule has 0 aliphatic carbocycles. The molecule has 98 valence electrons. The van der Waals surface area contributed by atoms with Crippen LogP contribution in [0.2, 0.25) is 5.15 Å². The molecule has 19 heavy (non-hydrogen) atoms. The van der Waals surface area contributed by atoms with Crippen LogP contribution in [0.15, 0.2) is 30.5 Å². The number of pyridine rings is 1. The van der Waals surface area contributed by atoms with Crippen molar-refractivity contribution in [2.24, 2.45) is 0 Å². The highest BCUT2D eigenvalue weighted by Crippen LogP contribution is 2.25. The Morgan fingerprint density at radius 2 is 2.11 bits per heavy atom. The lowest BCUT2D eigenvalue weighted by atomic mass is 10.1. The highest BCUT2D eigenvalue weighted by Gasteiger charge is 2.14. The van der Waals surface area contributed by atoms with E-state index in [1.807, 2.05) is 6.92 Å². The Hall–Kier alpha value is -2.07. The fourth-order valence-electron chi connectivity index (χ4n) is 1.67. The minimum Gasteiger partial charge on any atom is -0.507 e. The van der Waals surface area contributed by atoms with Gasteiger partial charge >= 0.3 is 0 Å². The molecule has 0 fully saturated rings.